The number of benzene rings is 1. The average Bonchev–Trinajstić information content (AvgIpc) is 3.23. The number of ether oxygens (including phenoxy) is 3. The van der Waals surface area contributed by atoms with Crippen molar-refractivity contribution in [3.63, 3.8) is 0 Å². The van der Waals surface area contributed by atoms with Gasteiger partial charge >= 0.3 is 0 Å². The molecule has 0 amide bonds. The highest BCUT2D eigenvalue weighted by Crippen LogP contribution is 2.46. The van der Waals surface area contributed by atoms with Crippen molar-refractivity contribution in [1.29, 1.82) is 0 Å². The number of alkyl halides is 2. The Morgan fingerprint density at radius 2 is 1.86 bits per heavy atom. The Balaban J connectivity index is 1.61. The van der Waals surface area contributed by atoms with E-state index in [9.17, 15) is 8.78 Å². The number of pyridine rings is 1. The van der Waals surface area contributed by atoms with Crippen LogP contribution in [0.1, 0.15) is 32.1 Å². The summed E-state index contributed by atoms with van der Waals surface area (Å²) >= 11 is 13.3. The third-order valence-electron chi connectivity index (χ3n) is 6.56. The van der Waals surface area contributed by atoms with Crippen LogP contribution in [-0.4, -0.2) is 60.4 Å². The lowest BCUT2D eigenvalue weighted by Gasteiger charge is -2.27. The van der Waals surface area contributed by atoms with Crippen molar-refractivity contribution in [1.82, 2.24) is 15.0 Å². The summed E-state index contributed by atoms with van der Waals surface area (Å²) in [7, 11) is 2.96. The number of halogens is 4. The number of hydrogen-bond donors (Lipinski definition) is 1. The lowest BCUT2D eigenvalue weighted by molar-refractivity contribution is 0.00852. The number of methoxy groups -OCH3 is 2. The van der Waals surface area contributed by atoms with Gasteiger partial charge in [-0.25, -0.2) is 13.8 Å². The van der Waals surface area contributed by atoms with Crippen LogP contribution in [0.25, 0.3) is 27.5 Å². The van der Waals surface area contributed by atoms with Gasteiger partial charge in [0, 0.05) is 54.6 Å². The number of rotatable bonds is 7. The first-order chi connectivity index (χ1) is 17.8. The van der Waals surface area contributed by atoms with E-state index in [1.54, 1.807) is 18.3 Å². The third kappa shape index (κ3) is 5.46. The number of nitrogens with zero attached hydrogens (tertiary/aromatic N) is 4. The van der Waals surface area contributed by atoms with Gasteiger partial charge < -0.3 is 34.8 Å². The standard InChI is InChI=1S/C25H26Cl2F2N5O3/c1-35-17-9-18(36-2)21(27)19(20(17)26)16-8-13-11-30-24(32-15-4-3-7-37-12-15)34-22(13)23(33-16)31-14-5-6-25(28,29)10-14/h8-9,11,14-15H,3-7,10,12H2,1-2H3,(H-,30,31,32,33,34)/q-1. The summed E-state index contributed by atoms with van der Waals surface area (Å²) in [6, 6.07) is 2.81. The molecule has 2 unspecified atom stereocenters. The molecule has 2 fully saturated rings. The third-order valence-corrected chi connectivity index (χ3v) is 7.31. The van der Waals surface area contributed by atoms with Crippen LogP contribution in [0.4, 0.5) is 20.5 Å². The van der Waals surface area contributed by atoms with Crippen LogP contribution in [-0.2, 0) is 4.74 Å². The maximum absolute atomic E-state index is 14.0. The molecule has 1 aromatic carbocycles. The van der Waals surface area contributed by atoms with E-state index in [2.05, 4.69) is 20.6 Å². The molecule has 5 rings (SSSR count). The van der Waals surface area contributed by atoms with Gasteiger partial charge in [0.25, 0.3) is 0 Å². The van der Waals surface area contributed by atoms with E-state index in [4.69, 9.17) is 42.4 Å². The molecule has 198 valence electrons. The monoisotopic (exact) mass is 552 g/mol. The zero-order valence-corrected chi connectivity index (χ0v) is 21.9. The van der Waals surface area contributed by atoms with Crippen LogP contribution >= 0.6 is 23.2 Å². The highest BCUT2D eigenvalue weighted by molar-refractivity contribution is 6.41. The molecule has 8 nitrogen and oxygen atoms in total. The second-order valence-electron chi connectivity index (χ2n) is 9.19. The number of fused-ring (bicyclic) bond motifs is 1. The molecule has 37 heavy (non-hydrogen) atoms. The lowest BCUT2D eigenvalue weighted by atomic mass is 10.1. The zero-order chi connectivity index (χ0) is 26.2. The molecule has 1 N–H and O–H groups in total. The summed E-state index contributed by atoms with van der Waals surface area (Å²) in [5, 5.41) is 8.89. The van der Waals surface area contributed by atoms with Gasteiger partial charge in [0.2, 0.25) is 5.92 Å². The largest absolute Gasteiger partial charge is 0.495 e. The molecule has 2 atom stereocenters. The van der Waals surface area contributed by atoms with Gasteiger partial charge in [-0.15, -0.1) is 0 Å². The Morgan fingerprint density at radius 3 is 2.49 bits per heavy atom. The smallest absolute Gasteiger partial charge is 0.250 e. The molecule has 2 aromatic heterocycles. The van der Waals surface area contributed by atoms with E-state index < -0.39 is 12.0 Å². The van der Waals surface area contributed by atoms with E-state index in [-0.39, 0.29) is 34.9 Å². The summed E-state index contributed by atoms with van der Waals surface area (Å²) < 4.78 is 44.3. The Kier molecular flexibility index (Phi) is 7.42. The van der Waals surface area contributed by atoms with Gasteiger partial charge in [0.1, 0.15) is 17.3 Å². The summed E-state index contributed by atoms with van der Waals surface area (Å²) in [6.45, 7) is 1.23. The number of aromatic nitrogens is 3. The van der Waals surface area contributed by atoms with Crippen LogP contribution in [0.15, 0.2) is 18.3 Å². The molecular weight excluding hydrogens is 527 g/mol. The van der Waals surface area contributed by atoms with Crippen molar-refractivity contribution >= 4 is 45.9 Å². The van der Waals surface area contributed by atoms with Crippen molar-refractivity contribution in [3.8, 4) is 22.8 Å². The first-order valence-electron chi connectivity index (χ1n) is 12.0. The highest BCUT2D eigenvalue weighted by atomic mass is 35.5. The zero-order valence-electron chi connectivity index (χ0n) is 20.4. The average molecular weight is 553 g/mol. The van der Waals surface area contributed by atoms with Crippen molar-refractivity contribution in [2.45, 2.75) is 50.1 Å². The number of nitrogens with one attached hydrogen (secondary N) is 1. The molecule has 12 heteroatoms. The van der Waals surface area contributed by atoms with E-state index in [1.165, 1.54) is 14.2 Å². The molecule has 2 aliphatic rings. The minimum atomic E-state index is -2.73. The second-order valence-corrected chi connectivity index (χ2v) is 9.94. The van der Waals surface area contributed by atoms with Gasteiger partial charge in [-0.05, 0) is 36.9 Å². The van der Waals surface area contributed by atoms with Crippen LogP contribution in [0.5, 0.6) is 11.5 Å². The first-order valence-corrected chi connectivity index (χ1v) is 12.7. The SMILES string of the molecule is COc1cc(OC)c(Cl)c(-c2cc3cnc([N-]C4CCCOC4)nc3c(NC3CCC(F)(F)C3)n2)c1Cl. The van der Waals surface area contributed by atoms with Crippen LogP contribution in [0.3, 0.4) is 0 Å². The second kappa shape index (κ2) is 10.6. The van der Waals surface area contributed by atoms with E-state index in [0.29, 0.717) is 52.5 Å². The molecule has 0 radical (unpaired) electrons. The van der Waals surface area contributed by atoms with E-state index in [1.807, 2.05) is 0 Å². The number of hydrogen-bond acceptors (Lipinski definition) is 7. The van der Waals surface area contributed by atoms with Crippen LogP contribution < -0.4 is 14.8 Å². The molecule has 0 spiro atoms. The van der Waals surface area contributed by atoms with Gasteiger partial charge in [-0.3, -0.25) is 0 Å². The van der Waals surface area contributed by atoms with Gasteiger partial charge in [-0.1, -0.05) is 23.2 Å². The minimum Gasteiger partial charge on any atom is -0.495 e. The van der Waals surface area contributed by atoms with Crippen LogP contribution in [0.2, 0.25) is 10.0 Å². The Hall–Kier alpha value is -2.69. The fourth-order valence-corrected chi connectivity index (χ4v) is 5.38. The maximum Gasteiger partial charge on any atom is 0.250 e. The Bertz CT molecular complexity index is 1280. The van der Waals surface area contributed by atoms with Crippen molar-refractivity contribution in [2.24, 2.45) is 0 Å². The predicted octanol–water partition coefficient (Wildman–Crippen LogP) is 6.80. The van der Waals surface area contributed by atoms with Gasteiger partial charge in [-0.2, -0.15) is 0 Å². The molecule has 3 aromatic rings. The normalized spacial score (nSPS) is 21.1. The fraction of sp³-hybridized carbons (Fsp3) is 0.480. The van der Waals surface area contributed by atoms with Crippen molar-refractivity contribution in [2.75, 3.05) is 32.8 Å². The van der Waals surface area contributed by atoms with Crippen molar-refractivity contribution in [3.05, 3.63) is 33.7 Å². The molecule has 1 saturated heterocycles. The summed E-state index contributed by atoms with van der Waals surface area (Å²) in [6.07, 6.45) is 3.25. The van der Waals surface area contributed by atoms with E-state index >= 15 is 0 Å². The predicted molar refractivity (Wildman–Crippen MR) is 139 cm³/mol. The summed E-state index contributed by atoms with van der Waals surface area (Å²) in [5.41, 5.74) is 1.24. The van der Waals surface area contributed by atoms with Crippen LogP contribution in [0, 0.1) is 0 Å². The number of anilines is 1. The topological polar surface area (TPSA) is 92.5 Å². The molecule has 0 bridgehead atoms. The Labute approximate surface area is 223 Å². The minimum absolute atomic E-state index is 0.0368. The van der Waals surface area contributed by atoms with Gasteiger partial charge in [0.05, 0.1) is 36.6 Å². The molecular formula is C25H26Cl2F2N5O3-. The lowest BCUT2D eigenvalue weighted by Crippen LogP contribution is -2.21. The quantitative estimate of drug-likeness (QED) is 0.344. The highest BCUT2D eigenvalue weighted by Gasteiger charge is 2.39. The maximum atomic E-state index is 14.0. The molecule has 3 heterocycles. The Morgan fingerprint density at radius 1 is 1.11 bits per heavy atom. The van der Waals surface area contributed by atoms with E-state index in [0.717, 1.165) is 19.4 Å². The molecule has 1 aliphatic carbocycles. The molecule has 1 aliphatic heterocycles. The first kappa shape index (κ1) is 25.9. The fourth-order valence-electron chi connectivity index (χ4n) is 4.69. The summed E-state index contributed by atoms with van der Waals surface area (Å²) in [5.74, 6) is -1.41. The van der Waals surface area contributed by atoms with Gasteiger partial charge in [0.15, 0.2) is 0 Å². The summed E-state index contributed by atoms with van der Waals surface area (Å²) in [4.78, 5) is 13.8. The van der Waals surface area contributed by atoms with Crippen molar-refractivity contribution < 1.29 is 23.0 Å². The molecule has 1 saturated carbocycles.